The summed E-state index contributed by atoms with van der Waals surface area (Å²) in [6.45, 7) is 4.51. The van der Waals surface area contributed by atoms with Crippen molar-refractivity contribution in [3.63, 3.8) is 0 Å². The fraction of sp³-hybridized carbons (Fsp3) is 0.423. The first-order chi connectivity index (χ1) is 16.2. The quantitative estimate of drug-likeness (QED) is 0.622. The zero-order valence-electron chi connectivity index (χ0n) is 18.8. The molecular formula is C26H27N5O2. The molecule has 2 aromatic carbocycles. The van der Waals surface area contributed by atoms with Crippen LogP contribution < -0.4 is 4.74 Å². The van der Waals surface area contributed by atoms with Crippen LogP contribution in [0.25, 0.3) is 10.9 Å². The van der Waals surface area contributed by atoms with Gasteiger partial charge in [-0.25, -0.2) is 0 Å². The van der Waals surface area contributed by atoms with Gasteiger partial charge < -0.3 is 14.5 Å². The van der Waals surface area contributed by atoms with Crippen LogP contribution in [0.15, 0.2) is 36.4 Å². The van der Waals surface area contributed by atoms with Crippen molar-refractivity contribution in [2.24, 2.45) is 5.92 Å². The number of nitrogens with zero attached hydrogens (tertiary/aromatic N) is 5. The molecule has 3 saturated heterocycles. The maximum absolute atomic E-state index is 13.8. The molecule has 0 unspecified atom stereocenters. The molecule has 1 aromatic heterocycles. The molecular weight excluding hydrogens is 414 g/mol. The van der Waals surface area contributed by atoms with E-state index in [-0.39, 0.29) is 11.9 Å². The van der Waals surface area contributed by atoms with Crippen molar-refractivity contribution < 1.29 is 9.53 Å². The molecule has 0 aliphatic carbocycles. The number of amides is 1. The van der Waals surface area contributed by atoms with E-state index in [0.29, 0.717) is 36.6 Å². The molecule has 7 heteroatoms. The van der Waals surface area contributed by atoms with Crippen LogP contribution >= 0.6 is 0 Å². The number of benzene rings is 2. The molecule has 3 fully saturated rings. The molecule has 4 aliphatic heterocycles. The Morgan fingerprint density at radius 1 is 1.12 bits per heavy atom. The maximum Gasteiger partial charge on any atom is 0.254 e. The lowest BCUT2D eigenvalue weighted by atomic mass is 9.83. The predicted molar refractivity (Wildman–Crippen MR) is 124 cm³/mol. The first-order valence-corrected chi connectivity index (χ1v) is 11.7. The molecule has 33 heavy (non-hydrogen) atoms. The van der Waals surface area contributed by atoms with Crippen molar-refractivity contribution in [2.45, 2.75) is 31.8 Å². The Balaban J connectivity index is 1.40. The van der Waals surface area contributed by atoms with E-state index in [1.807, 2.05) is 35.0 Å². The van der Waals surface area contributed by atoms with E-state index >= 15 is 0 Å². The van der Waals surface area contributed by atoms with Crippen LogP contribution in [0.2, 0.25) is 0 Å². The second kappa shape index (κ2) is 7.89. The van der Waals surface area contributed by atoms with Gasteiger partial charge in [-0.3, -0.25) is 9.48 Å². The molecule has 4 aliphatic rings. The fourth-order valence-corrected chi connectivity index (χ4v) is 5.94. The van der Waals surface area contributed by atoms with Crippen LogP contribution in [0.5, 0.6) is 5.75 Å². The summed E-state index contributed by atoms with van der Waals surface area (Å²) in [7, 11) is 1.65. The van der Waals surface area contributed by atoms with Crippen LogP contribution in [0.4, 0.5) is 0 Å². The topological polar surface area (TPSA) is 74.4 Å². The van der Waals surface area contributed by atoms with Crippen molar-refractivity contribution in [2.75, 3.05) is 33.3 Å². The first-order valence-electron chi connectivity index (χ1n) is 11.7. The van der Waals surface area contributed by atoms with E-state index in [2.05, 4.69) is 15.9 Å². The van der Waals surface area contributed by atoms with Crippen molar-refractivity contribution in [1.29, 1.82) is 5.26 Å². The Labute approximate surface area is 193 Å². The molecule has 0 saturated carbocycles. The molecule has 0 spiro atoms. The standard InChI is InChI=1S/C26H27N5O2/c1-33-20-5-2-17(3-6-20)15-31-25-19(14-27)4-7-21-24(25)22(28-31)10-13-30(26(21)32)23-16-29-11-8-18(23)9-12-29/h2-7,18,23H,8-13,15-16H2,1H3/t23-/m1/s1. The van der Waals surface area contributed by atoms with Gasteiger partial charge in [0.15, 0.2) is 0 Å². The normalized spacial score (nSPS) is 24.1. The van der Waals surface area contributed by atoms with E-state index in [1.54, 1.807) is 13.2 Å². The lowest BCUT2D eigenvalue weighted by molar-refractivity contribution is 0.00820. The summed E-state index contributed by atoms with van der Waals surface area (Å²) >= 11 is 0. The molecule has 5 heterocycles. The highest BCUT2D eigenvalue weighted by molar-refractivity contribution is 6.09. The van der Waals surface area contributed by atoms with Crippen molar-refractivity contribution in [3.8, 4) is 11.8 Å². The van der Waals surface area contributed by atoms with E-state index in [0.717, 1.165) is 47.5 Å². The summed E-state index contributed by atoms with van der Waals surface area (Å²) in [5.41, 5.74) is 4.00. The van der Waals surface area contributed by atoms with Gasteiger partial charge in [-0.15, -0.1) is 0 Å². The third-order valence-corrected chi connectivity index (χ3v) is 7.68. The van der Waals surface area contributed by atoms with Crippen molar-refractivity contribution >= 4 is 16.8 Å². The molecule has 0 N–H and O–H groups in total. The number of piperidine rings is 3. The Kier molecular flexibility index (Phi) is 4.84. The number of methoxy groups -OCH3 is 1. The fourth-order valence-electron chi connectivity index (χ4n) is 5.94. The third kappa shape index (κ3) is 3.28. The summed E-state index contributed by atoms with van der Waals surface area (Å²) in [6.07, 6.45) is 3.07. The van der Waals surface area contributed by atoms with E-state index in [4.69, 9.17) is 9.84 Å². The van der Waals surface area contributed by atoms with Gasteiger partial charge in [0.2, 0.25) is 0 Å². The number of ether oxygens (including phenoxy) is 1. The number of aromatic nitrogens is 2. The lowest BCUT2D eigenvalue weighted by Crippen LogP contribution is -2.58. The van der Waals surface area contributed by atoms with Gasteiger partial charge in [0.1, 0.15) is 11.8 Å². The van der Waals surface area contributed by atoms with Gasteiger partial charge in [-0.2, -0.15) is 10.4 Å². The maximum atomic E-state index is 13.8. The van der Waals surface area contributed by atoms with Crippen LogP contribution in [-0.2, 0) is 13.0 Å². The Morgan fingerprint density at radius 3 is 2.58 bits per heavy atom. The Hall–Kier alpha value is -3.37. The van der Waals surface area contributed by atoms with Gasteiger partial charge in [0.25, 0.3) is 5.91 Å². The summed E-state index contributed by atoms with van der Waals surface area (Å²) in [4.78, 5) is 18.4. The Bertz CT molecular complexity index is 1260. The van der Waals surface area contributed by atoms with Crippen molar-refractivity contribution in [3.05, 3.63) is 58.8 Å². The molecule has 7 rings (SSSR count). The van der Waals surface area contributed by atoms with Crippen LogP contribution in [0, 0.1) is 17.2 Å². The average molecular weight is 442 g/mol. The molecule has 1 amide bonds. The Morgan fingerprint density at radius 2 is 1.91 bits per heavy atom. The minimum absolute atomic E-state index is 0.0889. The lowest BCUT2D eigenvalue weighted by Gasteiger charge is -2.49. The second-order valence-electron chi connectivity index (χ2n) is 9.40. The average Bonchev–Trinajstić information content (AvgIpc) is 3.16. The largest absolute Gasteiger partial charge is 0.497 e. The van der Waals surface area contributed by atoms with Crippen molar-refractivity contribution in [1.82, 2.24) is 19.6 Å². The molecule has 168 valence electrons. The van der Waals surface area contributed by atoms with Gasteiger partial charge in [0.05, 0.1) is 36.0 Å². The summed E-state index contributed by atoms with van der Waals surface area (Å²) in [6, 6.07) is 14.1. The number of rotatable bonds is 4. The van der Waals surface area contributed by atoms with Crippen LogP contribution in [0.3, 0.4) is 0 Å². The highest BCUT2D eigenvalue weighted by atomic mass is 16.5. The van der Waals surface area contributed by atoms with Crippen LogP contribution in [0.1, 0.15) is 40.0 Å². The highest BCUT2D eigenvalue weighted by Gasteiger charge is 2.41. The number of carbonyl (C=O) groups is 1. The van der Waals surface area contributed by atoms with E-state index in [9.17, 15) is 10.1 Å². The minimum Gasteiger partial charge on any atom is -0.497 e. The molecule has 3 aromatic rings. The van der Waals surface area contributed by atoms with Crippen LogP contribution in [-0.4, -0.2) is 64.8 Å². The molecule has 2 bridgehead atoms. The smallest absolute Gasteiger partial charge is 0.254 e. The second-order valence-corrected chi connectivity index (χ2v) is 9.40. The zero-order chi connectivity index (χ0) is 22.5. The minimum atomic E-state index is 0.0889. The molecule has 7 nitrogen and oxygen atoms in total. The highest BCUT2D eigenvalue weighted by Crippen LogP contribution is 2.36. The van der Waals surface area contributed by atoms with Gasteiger partial charge in [-0.1, -0.05) is 12.1 Å². The SMILES string of the molecule is COc1ccc(Cn2nc3c4c(ccc(C#N)c42)C(=O)N([C@@H]2CN4CCC2CC4)CC3)cc1. The van der Waals surface area contributed by atoms with Gasteiger partial charge in [-0.05, 0) is 61.7 Å². The first kappa shape index (κ1) is 20.3. The number of hydrogen-bond acceptors (Lipinski definition) is 5. The summed E-state index contributed by atoms with van der Waals surface area (Å²) in [5.74, 6) is 1.48. The summed E-state index contributed by atoms with van der Waals surface area (Å²) < 4.78 is 7.16. The molecule has 0 radical (unpaired) electrons. The number of nitriles is 1. The molecule has 1 atom stereocenters. The number of carbonyl (C=O) groups excluding carboxylic acids is 1. The zero-order valence-corrected chi connectivity index (χ0v) is 18.8. The van der Waals surface area contributed by atoms with Gasteiger partial charge in [0, 0.05) is 30.9 Å². The monoisotopic (exact) mass is 441 g/mol. The number of hydrogen-bond donors (Lipinski definition) is 0. The van der Waals surface area contributed by atoms with E-state index < -0.39 is 0 Å². The third-order valence-electron chi connectivity index (χ3n) is 7.68. The summed E-state index contributed by atoms with van der Waals surface area (Å²) in [5, 5.41) is 15.6. The number of fused-ring (bicyclic) bond motifs is 3. The van der Waals surface area contributed by atoms with E-state index in [1.165, 1.54) is 12.8 Å². The predicted octanol–water partition coefficient (Wildman–Crippen LogP) is 3.06. The van der Waals surface area contributed by atoms with Gasteiger partial charge >= 0.3 is 0 Å².